The smallest absolute Gasteiger partial charge is 0.191 e. The maximum atomic E-state index is 14.4. The maximum Gasteiger partial charge on any atom is 0.191 e. The van der Waals surface area contributed by atoms with Gasteiger partial charge < -0.3 is 24.8 Å². The molecular weight excluding hydrogens is 524 g/mol. The molecule has 1 atom stereocenters. The van der Waals surface area contributed by atoms with Crippen LogP contribution in [0.25, 0.3) is 0 Å². The molecule has 1 fully saturated rings. The van der Waals surface area contributed by atoms with E-state index in [-0.39, 0.29) is 35.8 Å². The Morgan fingerprint density at radius 2 is 2.12 bits per heavy atom. The molecule has 2 aromatic rings. The van der Waals surface area contributed by atoms with Gasteiger partial charge in [0.15, 0.2) is 11.8 Å². The summed E-state index contributed by atoms with van der Waals surface area (Å²) in [5, 5.41) is 15.2. The van der Waals surface area contributed by atoms with Gasteiger partial charge in [0.05, 0.1) is 5.69 Å². The van der Waals surface area contributed by atoms with Gasteiger partial charge in [0.2, 0.25) is 0 Å². The third-order valence-electron chi connectivity index (χ3n) is 5.58. The number of hydrogen-bond donors (Lipinski definition) is 2. The Labute approximate surface area is 207 Å². The molecule has 1 saturated heterocycles. The van der Waals surface area contributed by atoms with Crippen molar-refractivity contribution in [1.82, 2.24) is 25.4 Å². The number of ether oxygens (including phenoxy) is 1. The number of halogens is 2. The van der Waals surface area contributed by atoms with E-state index in [0.29, 0.717) is 18.8 Å². The van der Waals surface area contributed by atoms with Gasteiger partial charge in [-0.05, 0) is 50.8 Å². The van der Waals surface area contributed by atoms with E-state index in [1.54, 1.807) is 19.2 Å². The maximum absolute atomic E-state index is 14.4. The highest BCUT2D eigenvalue weighted by Gasteiger charge is 2.23. The van der Waals surface area contributed by atoms with Gasteiger partial charge in [0.25, 0.3) is 0 Å². The van der Waals surface area contributed by atoms with Crippen LogP contribution in [0.5, 0.6) is 0 Å². The van der Waals surface area contributed by atoms with Crippen LogP contribution in [-0.4, -0.2) is 60.1 Å². The number of aromatic nitrogens is 3. The Hall–Kier alpha value is -1.95. The van der Waals surface area contributed by atoms with E-state index in [9.17, 15) is 4.39 Å². The van der Waals surface area contributed by atoms with E-state index in [1.165, 1.54) is 0 Å². The molecule has 0 radical (unpaired) electrons. The molecule has 0 amide bonds. The van der Waals surface area contributed by atoms with Crippen molar-refractivity contribution in [1.29, 1.82) is 0 Å². The summed E-state index contributed by atoms with van der Waals surface area (Å²) in [6.07, 6.45) is 2.88. The molecule has 1 aromatic carbocycles. The molecule has 32 heavy (non-hydrogen) atoms. The Bertz CT molecular complexity index is 889. The van der Waals surface area contributed by atoms with Crippen molar-refractivity contribution in [2.45, 2.75) is 45.7 Å². The van der Waals surface area contributed by atoms with Crippen molar-refractivity contribution < 1.29 is 9.13 Å². The number of aryl methyl sites for hydroxylation is 2. The fourth-order valence-electron chi connectivity index (χ4n) is 3.69. The highest BCUT2D eigenvalue weighted by atomic mass is 127. The fourth-order valence-corrected chi connectivity index (χ4v) is 3.69. The van der Waals surface area contributed by atoms with Crippen LogP contribution < -0.4 is 15.5 Å². The second kappa shape index (κ2) is 12.9. The molecule has 0 saturated carbocycles. The van der Waals surface area contributed by atoms with Crippen molar-refractivity contribution in [3.8, 4) is 0 Å². The molecule has 0 spiro atoms. The lowest BCUT2D eigenvalue weighted by Gasteiger charge is -2.35. The van der Waals surface area contributed by atoms with Crippen molar-refractivity contribution in [2.75, 3.05) is 38.3 Å². The lowest BCUT2D eigenvalue weighted by atomic mass is 10.0. The van der Waals surface area contributed by atoms with Gasteiger partial charge in [-0.3, -0.25) is 0 Å². The molecule has 3 rings (SSSR count). The van der Waals surface area contributed by atoms with Crippen molar-refractivity contribution in [3.05, 3.63) is 41.2 Å². The summed E-state index contributed by atoms with van der Waals surface area (Å²) < 4.78 is 21.5. The number of nitrogens with zero attached hydrogens (tertiary/aromatic N) is 5. The van der Waals surface area contributed by atoms with Crippen molar-refractivity contribution in [2.24, 2.45) is 12.0 Å². The van der Waals surface area contributed by atoms with E-state index in [0.717, 1.165) is 62.1 Å². The second-order valence-corrected chi connectivity index (χ2v) is 8.04. The molecule has 10 heteroatoms. The second-order valence-electron chi connectivity index (χ2n) is 8.04. The minimum Gasteiger partial charge on any atom is -0.385 e. The van der Waals surface area contributed by atoms with Gasteiger partial charge in [0, 0.05) is 46.4 Å². The predicted octanol–water partition coefficient (Wildman–Crippen LogP) is 2.93. The number of rotatable bonds is 8. The van der Waals surface area contributed by atoms with E-state index >= 15 is 0 Å². The lowest BCUT2D eigenvalue weighted by Crippen LogP contribution is -2.51. The van der Waals surface area contributed by atoms with Crippen molar-refractivity contribution in [3.63, 3.8) is 0 Å². The zero-order valence-corrected chi connectivity index (χ0v) is 21.7. The molecule has 1 unspecified atom stereocenters. The van der Waals surface area contributed by atoms with E-state index < -0.39 is 0 Å². The molecular formula is C22H35FIN7O. The number of guanidine groups is 1. The summed E-state index contributed by atoms with van der Waals surface area (Å²) in [5.41, 5.74) is 1.74. The molecule has 2 N–H and O–H groups in total. The molecule has 0 aliphatic carbocycles. The quantitative estimate of drug-likeness (QED) is 0.224. The van der Waals surface area contributed by atoms with Crippen LogP contribution in [0.2, 0.25) is 0 Å². The van der Waals surface area contributed by atoms with Gasteiger partial charge in [-0.25, -0.2) is 9.38 Å². The summed E-state index contributed by atoms with van der Waals surface area (Å²) in [4.78, 5) is 6.85. The first-order valence-electron chi connectivity index (χ1n) is 10.9. The molecule has 0 bridgehead atoms. The number of hydrogen-bond acceptors (Lipinski definition) is 5. The first-order chi connectivity index (χ1) is 15.0. The van der Waals surface area contributed by atoms with Crippen LogP contribution in [-0.2, 0) is 18.3 Å². The first kappa shape index (κ1) is 26.3. The standard InChI is InChI=1S/C22H34FN7O.HI/c1-16-8-9-19(23)20(13-16)30-11-5-7-18(15-30)26-22(24-10-6-12-31-4)25-14-21-28-27-17(2)29(21)3;/h8-9,13,18H,5-7,10-12,14-15H2,1-4H3,(H2,24,25,26);1H. The monoisotopic (exact) mass is 559 g/mol. The summed E-state index contributed by atoms with van der Waals surface area (Å²) >= 11 is 0. The van der Waals surface area contributed by atoms with Crippen LogP contribution in [0, 0.1) is 19.7 Å². The molecule has 1 aromatic heterocycles. The third-order valence-corrected chi connectivity index (χ3v) is 5.58. The number of methoxy groups -OCH3 is 1. The SMILES string of the molecule is COCCCNC(=NCc1nnc(C)n1C)NC1CCCN(c2cc(C)ccc2F)C1.I. The molecule has 178 valence electrons. The van der Waals surface area contributed by atoms with Crippen LogP contribution in [0.4, 0.5) is 10.1 Å². The zero-order valence-electron chi connectivity index (χ0n) is 19.4. The van der Waals surface area contributed by atoms with E-state index in [4.69, 9.17) is 9.73 Å². The number of benzene rings is 1. The Kier molecular flexibility index (Phi) is 10.6. The molecule has 8 nitrogen and oxygen atoms in total. The average Bonchev–Trinajstić information content (AvgIpc) is 3.09. The van der Waals surface area contributed by atoms with Gasteiger partial charge in [0.1, 0.15) is 18.2 Å². The predicted molar refractivity (Wildman–Crippen MR) is 136 cm³/mol. The number of piperidine rings is 1. The number of anilines is 1. The Balaban J connectivity index is 0.00000363. The van der Waals surface area contributed by atoms with Gasteiger partial charge in [-0.15, -0.1) is 34.2 Å². The average molecular weight is 559 g/mol. The minimum atomic E-state index is -0.171. The van der Waals surface area contributed by atoms with Crippen molar-refractivity contribution >= 4 is 35.6 Å². The summed E-state index contributed by atoms with van der Waals surface area (Å²) in [7, 11) is 3.64. The van der Waals surface area contributed by atoms with Gasteiger partial charge >= 0.3 is 0 Å². The lowest BCUT2D eigenvalue weighted by molar-refractivity contribution is 0.195. The van der Waals surface area contributed by atoms with Crippen LogP contribution >= 0.6 is 24.0 Å². The van der Waals surface area contributed by atoms with Crippen LogP contribution in [0.1, 0.15) is 36.5 Å². The number of nitrogens with one attached hydrogen (secondary N) is 2. The van der Waals surface area contributed by atoms with E-state index in [1.807, 2.05) is 31.5 Å². The largest absolute Gasteiger partial charge is 0.385 e. The van der Waals surface area contributed by atoms with Gasteiger partial charge in [-0.1, -0.05) is 6.07 Å². The van der Waals surface area contributed by atoms with E-state index in [2.05, 4.69) is 25.7 Å². The topological polar surface area (TPSA) is 79.6 Å². The summed E-state index contributed by atoms with van der Waals surface area (Å²) in [6.45, 7) is 7.36. The third kappa shape index (κ3) is 7.29. The highest BCUT2D eigenvalue weighted by Crippen LogP contribution is 2.24. The molecule has 1 aliphatic rings. The van der Waals surface area contributed by atoms with Crippen LogP contribution in [0.15, 0.2) is 23.2 Å². The zero-order chi connectivity index (χ0) is 22.2. The Morgan fingerprint density at radius 3 is 2.84 bits per heavy atom. The molecule has 1 aliphatic heterocycles. The molecule has 2 heterocycles. The fraction of sp³-hybridized carbons (Fsp3) is 0.591. The summed E-state index contributed by atoms with van der Waals surface area (Å²) in [5.74, 6) is 2.22. The highest BCUT2D eigenvalue weighted by molar-refractivity contribution is 14.0. The minimum absolute atomic E-state index is 0. The first-order valence-corrected chi connectivity index (χ1v) is 10.9. The summed E-state index contributed by atoms with van der Waals surface area (Å²) in [6, 6.07) is 5.45. The van der Waals surface area contributed by atoms with Crippen LogP contribution in [0.3, 0.4) is 0 Å². The Morgan fingerprint density at radius 1 is 1.31 bits per heavy atom. The van der Waals surface area contributed by atoms with Gasteiger partial charge in [-0.2, -0.15) is 0 Å². The number of aliphatic imine (C=N–C) groups is 1. The normalized spacial score (nSPS) is 16.6.